The molecule has 1 saturated heterocycles. The minimum absolute atomic E-state index is 0.0548. The number of aromatic nitrogens is 2. The first-order valence-electron chi connectivity index (χ1n) is 5.51. The van der Waals surface area contributed by atoms with E-state index < -0.39 is 0 Å². The number of hydrogen-bond donors (Lipinski definition) is 0. The van der Waals surface area contributed by atoms with Gasteiger partial charge in [0, 0.05) is 6.54 Å². The third kappa shape index (κ3) is 2.36. The summed E-state index contributed by atoms with van der Waals surface area (Å²) in [5.41, 5.74) is 2.23. The topological polar surface area (TPSA) is 69.9 Å². The average Bonchev–Trinajstić information content (AvgIpc) is 3.12. The Labute approximate surface area is 121 Å². The van der Waals surface area contributed by atoms with Crippen LogP contribution in [0.1, 0.15) is 12.0 Å². The third-order valence-corrected chi connectivity index (χ3v) is 5.75. The number of nitrogens with zero attached hydrogens (tertiary/aromatic N) is 4. The van der Waals surface area contributed by atoms with E-state index in [0.29, 0.717) is 12.1 Å². The molecule has 1 fully saturated rings. The van der Waals surface area contributed by atoms with Crippen LogP contribution in [0, 0.1) is 11.3 Å². The van der Waals surface area contributed by atoms with Gasteiger partial charge >= 0.3 is 0 Å². The van der Waals surface area contributed by atoms with Crippen molar-refractivity contribution >= 4 is 45.3 Å². The van der Waals surface area contributed by atoms with Gasteiger partial charge in [-0.2, -0.15) is 5.26 Å². The number of hydrogen-bond acceptors (Lipinski definition) is 7. The molecule has 8 heteroatoms. The zero-order chi connectivity index (χ0) is 13.2. The molecule has 96 valence electrons. The first kappa shape index (κ1) is 12.6. The fourth-order valence-electron chi connectivity index (χ4n) is 1.90. The monoisotopic (exact) mass is 308 g/mol. The number of anilines is 1. The highest BCUT2D eigenvalue weighted by Gasteiger charge is 2.35. The number of carbonyl (C=O) groups excluding carboxylic acids is 1. The highest BCUT2D eigenvalue weighted by Crippen LogP contribution is 2.36. The fourth-order valence-corrected chi connectivity index (χ4v) is 4.55. The highest BCUT2D eigenvalue weighted by molar-refractivity contribution is 8.02. The summed E-state index contributed by atoms with van der Waals surface area (Å²) in [4.78, 5) is 14.1. The Kier molecular flexibility index (Phi) is 3.50. The van der Waals surface area contributed by atoms with E-state index in [1.165, 1.54) is 34.4 Å². The van der Waals surface area contributed by atoms with Crippen molar-refractivity contribution in [1.82, 2.24) is 10.2 Å². The molecule has 0 spiro atoms. The Morgan fingerprint density at radius 1 is 1.53 bits per heavy atom. The lowest BCUT2D eigenvalue weighted by molar-refractivity contribution is -0.116. The van der Waals surface area contributed by atoms with Gasteiger partial charge in [-0.15, -0.1) is 21.5 Å². The molecule has 0 saturated carbocycles. The predicted molar refractivity (Wildman–Crippen MR) is 75.6 cm³/mol. The zero-order valence-electron chi connectivity index (χ0n) is 9.65. The van der Waals surface area contributed by atoms with Crippen LogP contribution in [-0.4, -0.2) is 27.9 Å². The molecule has 3 heterocycles. The molecule has 0 aliphatic carbocycles. The van der Waals surface area contributed by atoms with Gasteiger partial charge < -0.3 is 4.90 Å². The van der Waals surface area contributed by atoms with Gasteiger partial charge in [-0.25, -0.2) is 0 Å². The summed E-state index contributed by atoms with van der Waals surface area (Å²) in [6.45, 7) is 0.657. The Bertz CT molecular complexity index is 631. The van der Waals surface area contributed by atoms with Crippen molar-refractivity contribution < 1.29 is 4.79 Å². The Morgan fingerprint density at radius 3 is 3.16 bits per heavy atom. The molecule has 0 unspecified atom stereocenters. The van der Waals surface area contributed by atoms with Crippen LogP contribution in [0.4, 0.5) is 5.00 Å². The number of rotatable bonds is 3. The summed E-state index contributed by atoms with van der Waals surface area (Å²) in [7, 11) is 0. The number of thioether (sulfide) groups is 1. The molecule has 1 atom stereocenters. The quantitative estimate of drug-likeness (QED) is 0.870. The normalized spacial score (nSPS) is 18.8. The van der Waals surface area contributed by atoms with Crippen molar-refractivity contribution in [2.45, 2.75) is 16.0 Å². The van der Waals surface area contributed by atoms with Crippen LogP contribution in [0.25, 0.3) is 0 Å². The van der Waals surface area contributed by atoms with Crippen molar-refractivity contribution in [3.05, 3.63) is 22.5 Å². The predicted octanol–water partition coefficient (Wildman–Crippen LogP) is 2.37. The molecule has 19 heavy (non-hydrogen) atoms. The molecule has 1 aliphatic rings. The van der Waals surface area contributed by atoms with Gasteiger partial charge in [0.25, 0.3) is 0 Å². The summed E-state index contributed by atoms with van der Waals surface area (Å²) in [5, 5.41) is 19.2. The van der Waals surface area contributed by atoms with Crippen LogP contribution in [0.15, 0.2) is 21.3 Å². The van der Waals surface area contributed by atoms with Gasteiger partial charge in [-0.3, -0.25) is 4.79 Å². The summed E-state index contributed by atoms with van der Waals surface area (Å²) in [5.74, 6) is 0.0548. The van der Waals surface area contributed by atoms with E-state index in [1.54, 1.807) is 16.5 Å². The second-order valence-corrected chi connectivity index (χ2v) is 7.02. The average molecular weight is 308 g/mol. The molecule has 1 amide bonds. The summed E-state index contributed by atoms with van der Waals surface area (Å²) < 4.78 is 0.812. The Hall–Kier alpha value is -1.43. The molecule has 0 bridgehead atoms. The molecule has 0 N–H and O–H groups in total. The summed E-state index contributed by atoms with van der Waals surface area (Å²) >= 11 is 4.33. The van der Waals surface area contributed by atoms with E-state index in [2.05, 4.69) is 16.3 Å². The van der Waals surface area contributed by atoms with E-state index in [1.807, 2.05) is 5.38 Å². The first-order valence-corrected chi connectivity index (χ1v) is 8.15. The first-order chi connectivity index (χ1) is 9.29. The second kappa shape index (κ2) is 5.28. The minimum atomic E-state index is -0.124. The molecule has 1 aliphatic heterocycles. The molecule has 2 aromatic heterocycles. The molecule has 0 aromatic carbocycles. The van der Waals surface area contributed by atoms with Crippen LogP contribution < -0.4 is 4.90 Å². The van der Waals surface area contributed by atoms with Gasteiger partial charge in [0.1, 0.15) is 16.6 Å². The number of thiophene rings is 1. The van der Waals surface area contributed by atoms with Crippen LogP contribution in [0.3, 0.4) is 0 Å². The van der Waals surface area contributed by atoms with Crippen molar-refractivity contribution in [3.63, 3.8) is 0 Å². The maximum absolute atomic E-state index is 12.4. The second-order valence-electron chi connectivity index (χ2n) is 3.84. The lowest BCUT2D eigenvalue weighted by Gasteiger charge is -2.14. The molecular weight excluding hydrogens is 300 g/mol. The van der Waals surface area contributed by atoms with E-state index in [0.717, 1.165) is 15.8 Å². The van der Waals surface area contributed by atoms with Gasteiger partial charge in [0.2, 0.25) is 5.91 Å². The van der Waals surface area contributed by atoms with Crippen molar-refractivity contribution in [2.24, 2.45) is 0 Å². The fraction of sp³-hybridized carbons (Fsp3) is 0.273. The van der Waals surface area contributed by atoms with Crippen molar-refractivity contribution in [3.8, 4) is 6.07 Å². The highest BCUT2D eigenvalue weighted by atomic mass is 32.2. The van der Waals surface area contributed by atoms with E-state index in [4.69, 9.17) is 5.26 Å². The third-order valence-electron chi connectivity index (χ3n) is 2.75. The van der Waals surface area contributed by atoms with Crippen molar-refractivity contribution in [1.29, 1.82) is 5.26 Å². The molecule has 5 nitrogen and oxygen atoms in total. The van der Waals surface area contributed by atoms with Crippen LogP contribution in [0.2, 0.25) is 0 Å². The smallest absolute Gasteiger partial charge is 0.241 e. The maximum Gasteiger partial charge on any atom is 0.241 e. The summed E-state index contributed by atoms with van der Waals surface area (Å²) in [6.07, 6.45) is 0.770. The van der Waals surface area contributed by atoms with E-state index in [-0.39, 0.29) is 11.2 Å². The minimum Gasteiger partial charge on any atom is -0.302 e. The SMILES string of the molecule is N#Cc1ccsc1N1CC[C@H](Sc2nncs2)C1=O. The molecule has 3 rings (SSSR count). The molecule has 2 aromatic rings. The van der Waals surface area contributed by atoms with Gasteiger partial charge in [0.15, 0.2) is 4.34 Å². The summed E-state index contributed by atoms with van der Waals surface area (Å²) in [6, 6.07) is 3.87. The molecular formula is C11H8N4OS3. The van der Waals surface area contributed by atoms with Crippen LogP contribution in [-0.2, 0) is 4.79 Å². The van der Waals surface area contributed by atoms with Gasteiger partial charge in [-0.05, 0) is 17.9 Å². The number of nitriles is 1. The van der Waals surface area contributed by atoms with E-state index >= 15 is 0 Å². The molecule has 0 radical (unpaired) electrons. The van der Waals surface area contributed by atoms with Crippen LogP contribution >= 0.6 is 34.4 Å². The van der Waals surface area contributed by atoms with Gasteiger partial charge in [-0.1, -0.05) is 23.1 Å². The lowest BCUT2D eigenvalue weighted by atomic mass is 10.3. The lowest BCUT2D eigenvalue weighted by Crippen LogP contribution is -2.27. The van der Waals surface area contributed by atoms with E-state index in [9.17, 15) is 4.79 Å². The Morgan fingerprint density at radius 2 is 2.42 bits per heavy atom. The maximum atomic E-state index is 12.4. The van der Waals surface area contributed by atoms with Crippen LogP contribution in [0.5, 0.6) is 0 Å². The van der Waals surface area contributed by atoms with Gasteiger partial charge in [0.05, 0.1) is 10.8 Å². The Balaban J connectivity index is 1.77. The number of amides is 1. The number of carbonyl (C=O) groups is 1. The standard InChI is InChI=1S/C11H8N4OS3/c12-5-7-2-4-17-10(7)15-3-1-8(9(15)16)19-11-14-13-6-18-11/h2,4,6,8H,1,3H2/t8-/m0/s1. The largest absolute Gasteiger partial charge is 0.302 e. The zero-order valence-corrected chi connectivity index (χ0v) is 12.1. The van der Waals surface area contributed by atoms with Crippen molar-refractivity contribution in [2.75, 3.05) is 11.4 Å².